The Labute approximate surface area is 132 Å². The molecule has 0 radical (unpaired) electrons. The minimum atomic E-state index is -0.440. The Morgan fingerprint density at radius 3 is 2.78 bits per heavy atom. The largest absolute Gasteiger partial charge is 0.324 e. The fourth-order valence-electron chi connectivity index (χ4n) is 2.26. The minimum Gasteiger partial charge on any atom is -0.324 e. The number of hydrogen-bond acceptors (Lipinski definition) is 4. The van der Waals surface area contributed by atoms with Crippen molar-refractivity contribution >= 4 is 34.8 Å². The third-order valence-corrected chi connectivity index (χ3v) is 3.33. The van der Waals surface area contributed by atoms with Crippen LogP contribution in [0.1, 0.15) is 12.0 Å². The molecule has 6 nitrogen and oxygen atoms in total. The second kappa shape index (κ2) is 6.23. The quantitative estimate of drug-likeness (QED) is 0.692. The maximum Gasteiger partial charge on any atom is 0.270 e. The van der Waals surface area contributed by atoms with Gasteiger partial charge < -0.3 is 5.32 Å². The maximum absolute atomic E-state index is 11.9. The number of nitro groups is 1. The summed E-state index contributed by atoms with van der Waals surface area (Å²) in [6.07, 6.45) is 3.58. The number of carbonyl (C=O) groups is 1. The average Bonchev–Trinajstić information content (AvgIpc) is 2.70. The third-order valence-electron chi connectivity index (χ3n) is 3.33. The second-order valence-electron chi connectivity index (χ2n) is 5.03. The lowest BCUT2D eigenvalue weighted by atomic mass is 10.1. The number of benzene rings is 2. The van der Waals surface area contributed by atoms with Gasteiger partial charge >= 0.3 is 0 Å². The van der Waals surface area contributed by atoms with Crippen LogP contribution >= 0.6 is 0 Å². The molecule has 0 fully saturated rings. The average molecular weight is 307 g/mol. The number of allylic oxidation sites excluding steroid dienone is 1. The molecule has 1 amide bonds. The molecule has 1 aliphatic rings. The molecule has 0 saturated heterocycles. The molecule has 114 valence electrons. The SMILES string of the molecule is O=C1CC(C=Cc2cccc([N+](=O)[O-])c2)=Nc2ccccc2N1. The van der Waals surface area contributed by atoms with Gasteiger partial charge in [0.1, 0.15) is 0 Å². The molecule has 2 aromatic carbocycles. The van der Waals surface area contributed by atoms with Gasteiger partial charge in [-0.1, -0.05) is 30.3 Å². The lowest BCUT2D eigenvalue weighted by molar-refractivity contribution is -0.384. The highest BCUT2D eigenvalue weighted by atomic mass is 16.6. The molecule has 2 aromatic rings. The van der Waals surface area contributed by atoms with Gasteiger partial charge in [-0.3, -0.25) is 19.9 Å². The number of rotatable bonds is 3. The summed E-state index contributed by atoms with van der Waals surface area (Å²) in [5.41, 5.74) is 2.67. The standard InChI is InChI=1S/C17H13N3O3/c21-17-11-13(18-15-6-1-2-7-16(15)19-17)9-8-12-4-3-5-14(10-12)20(22)23/h1-10H,11H2,(H,19,21). The molecular weight excluding hydrogens is 294 g/mol. The van der Waals surface area contributed by atoms with Crippen molar-refractivity contribution in [2.45, 2.75) is 6.42 Å². The number of nitro benzene ring substituents is 1. The first-order chi connectivity index (χ1) is 11.1. The molecule has 0 atom stereocenters. The van der Waals surface area contributed by atoms with E-state index >= 15 is 0 Å². The zero-order chi connectivity index (χ0) is 16.2. The lowest BCUT2D eigenvalue weighted by Crippen LogP contribution is -2.13. The zero-order valence-corrected chi connectivity index (χ0v) is 12.1. The molecule has 0 saturated carbocycles. The lowest BCUT2D eigenvalue weighted by Gasteiger charge is -2.02. The van der Waals surface area contributed by atoms with E-state index in [0.717, 1.165) is 0 Å². The van der Waals surface area contributed by atoms with E-state index in [1.54, 1.807) is 30.4 Å². The van der Waals surface area contributed by atoms with Crippen LogP contribution in [0.5, 0.6) is 0 Å². The predicted molar refractivity (Wildman–Crippen MR) is 88.9 cm³/mol. The molecule has 1 N–H and O–H groups in total. The van der Waals surface area contributed by atoms with Crippen LogP contribution in [0.2, 0.25) is 0 Å². The van der Waals surface area contributed by atoms with Crippen LogP contribution in [-0.2, 0) is 4.79 Å². The fraction of sp³-hybridized carbons (Fsp3) is 0.0588. The Bertz CT molecular complexity index is 840. The number of nitrogens with zero attached hydrogens (tertiary/aromatic N) is 2. The van der Waals surface area contributed by atoms with Crippen molar-refractivity contribution in [1.82, 2.24) is 0 Å². The Kier molecular flexibility index (Phi) is 3.97. The monoisotopic (exact) mass is 307 g/mol. The van der Waals surface area contributed by atoms with Crippen molar-refractivity contribution in [2.75, 3.05) is 5.32 Å². The predicted octanol–water partition coefficient (Wildman–Crippen LogP) is 3.72. The van der Waals surface area contributed by atoms with Crippen molar-refractivity contribution in [2.24, 2.45) is 4.99 Å². The molecule has 3 rings (SSSR count). The van der Waals surface area contributed by atoms with E-state index in [2.05, 4.69) is 10.3 Å². The summed E-state index contributed by atoms with van der Waals surface area (Å²) in [5.74, 6) is -0.141. The summed E-state index contributed by atoms with van der Waals surface area (Å²) < 4.78 is 0. The maximum atomic E-state index is 11.9. The van der Waals surface area contributed by atoms with E-state index in [1.165, 1.54) is 12.1 Å². The number of anilines is 1. The topological polar surface area (TPSA) is 84.6 Å². The van der Waals surface area contributed by atoms with Crippen LogP contribution in [0.15, 0.2) is 59.6 Å². The van der Waals surface area contributed by atoms with Crippen LogP contribution in [0.4, 0.5) is 17.1 Å². The summed E-state index contributed by atoms with van der Waals surface area (Å²) in [6.45, 7) is 0. The summed E-state index contributed by atoms with van der Waals surface area (Å²) in [5, 5.41) is 13.6. The van der Waals surface area contributed by atoms with Gasteiger partial charge in [0.05, 0.1) is 28.4 Å². The number of non-ortho nitro benzene ring substituents is 1. The number of carbonyl (C=O) groups excluding carboxylic acids is 1. The van der Waals surface area contributed by atoms with Crippen molar-refractivity contribution < 1.29 is 9.72 Å². The van der Waals surface area contributed by atoms with Gasteiger partial charge in [-0.05, 0) is 23.8 Å². The van der Waals surface area contributed by atoms with E-state index in [9.17, 15) is 14.9 Å². The molecule has 1 aliphatic heterocycles. The number of amides is 1. The van der Waals surface area contributed by atoms with Gasteiger partial charge in [0.25, 0.3) is 5.69 Å². The first kappa shape index (κ1) is 14.6. The second-order valence-corrected chi connectivity index (χ2v) is 5.03. The number of fused-ring (bicyclic) bond motifs is 1. The summed E-state index contributed by atoms with van der Waals surface area (Å²) in [7, 11) is 0. The third kappa shape index (κ3) is 3.49. The first-order valence-electron chi connectivity index (χ1n) is 7.01. The van der Waals surface area contributed by atoms with Gasteiger partial charge in [-0.15, -0.1) is 0 Å². The molecule has 0 bridgehead atoms. The highest BCUT2D eigenvalue weighted by Gasteiger charge is 2.13. The first-order valence-corrected chi connectivity index (χ1v) is 7.01. The van der Waals surface area contributed by atoms with Crippen LogP contribution in [-0.4, -0.2) is 16.5 Å². The summed E-state index contributed by atoms with van der Waals surface area (Å²) >= 11 is 0. The van der Waals surface area contributed by atoms with Crippen LogP contribution in [0, 0.1) is 10.1 Å². The van der Waals surface area contributed by atoms with Crippen molar-refractivity contribution in [1.29, 1.82) is 0 Å². The Morgan fingerprint density at radius 2 is 1.96 bits per heavy atom. The Morgan fingerprint density at radius 1 is 1.13 bits per heavy atom. The van der Waals surface area contributed by atoms with Gasteiger partial charge in [-0.25, -0.2) is 0 Å². The number of hydrogen-bond donors (Lipinski definition) is 1. The Balaban J connectivity index is 1.90. The molecule has 0 aliphatic carbocycles. The van der Waals surface area contributed by atoms with Crippen molar-refractivity contribution in [3.05, 3.63) is 70.3 Å². The Hall–Kier alpha value is -3.28. The molecule has 23 heavy (non-hydrogen) atoms. The van der Waals surface area contributed by atoms with Crippen LogP contribution in [0.25, 0.3) is 6.08 Å². The van der Waals surface area contributed by atoms with Crippen LogP contribution in [0.3, 0.4) is 0 Å². The molecule has 0 unspecified atom stereocenters. The van der Waals surface area contributed by atoms with E-state index in [1.807, 2.05) is 18.2 Å². The smallest absolute Gasteiger partial charge is 0.270 e. The molecule has 1 heterocycles. The summed E-state index contributed by atoms with van der Waals surface area (Å²) in [4.78, 5) is 26.7. The van der Waals surface area contributed by atoms with Crippen molar-refractivity contribution in [3.8, 4) is 0 Å². The van der Waals surface area contributed by atoms with E-state index < -0.39 is 4.92 Å². The fourth-order valence-corrected chi connectivity index (χ4v) is 2.26. The van der Waals surface area contributed by atoms with Gasteiger partial charge in [0.2, 0.25) is 5.91 Å². The highest BCUT2D eigenvalue weighted by molar-refractivity contribution is 6.15. The van der Waals surface area contributed by atoms with E-state index in [-0.39, 0.29) is 18.0 Å². The van der Waals surface area contributed by atoms with Gasteiger partial charge in [0.15, 0.2) is 0 Å². The van der Waals surface area contributed by atoms with Gasteiger partial charge in [0, 0.05) is 12.1 Å². The molecule has 0 aromatic heterocycles. The minimum absolute atomic E-state index is 0.0260. The zero-order valence-electron chi connectivity index (χ0n) is 12.1. The highest BCUT2D eigenvalue weighted by Crippen LogP contribution is 2.27. The molecule has 0 spiro atoms. The van der Waals surface area contributed by atoms with Gasteiger partial charge in [-0.2, -0.15) is 0 Å². The van der Waals surface area contributed by atoms with Crippen molar-refractivity contribution in [3.63, 3.8) is 0 Å². The van der Waals surface area contributed by atoms with Crippen LogP contribution < -0.4 is 5.32 Å². The van der Waals surface area contributed by atoms with E-state index in [4.69, 9.17) is 0 Å². The molecule has 6 heteroatoms. The number of aliphatic imine (C=N–C) groups is 1. The summed E-state index contributed by atoms with van der Waals surface area (Å²) in [6, 6.07) is 13.6. The molecular formula is C17H13N3O3. The number of para-hydroxylation sites is 2. The van der Waals surface area contributed by atoms with E-state index in [0.29, 0.717) is 22.6 Å². The number of nitrogens with one attached hydrogen (secondary N) is 1. The normalized spacial score (nSPS) is 13.9.